The molecule has 3 aromatic heterocycles. The van der Waals surface area contributed by atoms with Gasteiger partial charge >= 0.3 is 0 Å². The summed E-state index contributed by atoms with van der Waals surface area (Å²) in [5.74, 6) is 2.84. The van der Waals surface area contributed by atoms with Crippen LogP contribution in [-0.2, 0) is 5.41 Å². The summed E-state index contributed by atoms with van der Waals surface area (Å²) in [6.07, 6.45) is 9.38. The molecule has 0 bridgehead atoms. The van der Waals surface area contributed by atoms with Crippen LogP contribution in [0.25, 0.3) is 5.65 Å². The zero-order chi connectivity index (χ0) is 17.4. The predicted octanol–water partition coefficient (Wildman–Crippen LogP) is 2.14. The summed E-state index contributed by atoms with van der Waals surface area (Å²) >= 11 is 0. The van der Waals surface area contributed by atoms with Gasteiger partial charge in [0.05, 0.1) is 0 Å². The first-order valence-electron chi connectivity index (χ1n) is 8.63. The van der Waals surface area contributed by atoms with Crippen LogP contribution in [0.1, 0.15) is 26.6 Å². The van der Waals surface area contributed by atoms with Gasteiger partial charge in [-0.05, 0) is 6.07 Å². The molecule has 130 valence electrons. The number of piperazine rings is 1. The van der Waals surface area contributed by atoms with Gasteiger partial charge < -0.3 is 14.2 Å². The molecule has 0 radical (unpaired) electrons. The lowest BCUT2D eigenvalue weighted by Gasteiger charge is -2.36. The first-order chi connectivity index (χ1) is 12.0. The van der Waals surface area contributed by atoms with Crippen molar-refractivity contribution in [3.05, 3.63) is 42.9 Å². The van der Waals surface area contributed by atoms with Gasteiger partial charge in [0.25, 0.3) is 0 Å². The van der Waals surface area contributed by atoms with Crippen molar-refractivity contribution in [3.8, 4) is 0 Å². The highest BCUT2D eigenvalue weighted by Crippen LogP contribution is 2.23. The molecule has 7 nitrogen and oxygen atoms in total. The Bertz CT molecular complexity index is 872. The Kier molecular flexibility index (Phi) is 3.78. The molecule has 0 aromatic carbocycles. The predicted molar refractivity (Wildman–Crippen MR) is 98.1 cm³/mol. The second-order valence-corrected chi connectivity index (χ2v) is 7.37. The average molecular weight is 337 g/mol. The lowest BCUT2D eigenvalue weighted by molar-refractivity contribution is 0.541. The third kappa shape index (κ3) is 3.01. The Balaban J connectivity index is 1.51. The van der Waals surface area contributed by atoms with Crippen LogP contribution < -0.4 is 9.80 Å². The van der Waals surface area contributed by atoms with Gasteiger partial charge in [0, 0.05) is 62.6 Å². The zero-order valence-electron chi connectivity index (χ0n) is 14.9. The van der Waals surface area contributed by atoms with Crippen LogP contribution >= 0.6 is 0 Å². The Morgan fingerprint density at radius 2 is 1.52 bits per heavy atom. The summed E-state index contributed by atoms with van der Waals surface area (Å²) in [5.41, 5.74) is 0.867. The molecule has 0 spiro atoms. The lowest BCUT2D eigenvalue weighted by Crippen LogP contribution is -2.47. The van der Waals surface area contributed by atoms with Gasteiger partial charge in [-0.25, -0.2) is 19.9 Å². The topological polar surface area (TPSA) is 62.5 Å². The number of anilines is 2. The number of nitrogens with zero attached hydrogens (tertiary/aromatic N) is 7. The number of hydrogen-bond donors (Lipinski definition) is 0. The monoisotopic (exact) mass is 337 g/mol. The lowest BCUT2D eigenvalue weighted by atomic mass is 9.96. The van der Waals surface area contributed by atoms with Crippen LogP contribution in [0.15, 0.2) is 37.1 Å². The fourth-order valence-corrected chi connectivity index (χ4v) is 3.10. The Labute approximate surface area is 147 Å². The van der Waals surface area contributed by atoms with Crippen LogP contribution in [0.4, 0.5) is 11.6 Å². The minimum absolute atomic E-state index is 0.0436. The Morgan fingerprint density at radius 3 is 2.24 bits per heavy atom. The summed E-state index contributed by atoms with van der Waals surface area (Å²) in [6.45, 7) is 10.0. The van der Waals surface area contributed by atoms with Crippen LogP contribution in [0.5, 0.6) is 0 Å². The van der Waals surface area contributed by atoms with Crippen LogP contribution in [-0.4, -0.2) is 50.5 Å². The molecule has 0 aliphatic carbocycles. The Hall–Kier alpha value is -2.70. The highest BCUT2D eigenvalue weighted by atomic mass is 15.3. The van der Waals surface area contributed by atoms with Crippen molar-refractivity contribution >= 4 is 17.3 Å². The largest absolute Gasteiger partial charge is 0.353 e. The average Bonchev–Trinajstić information content (AvgIpc) is 3.10. The summed E-state index contributed by atoms with van der Waals surface area (Å²) in [7, 11) is 0. The second kappa shape index (κ2) is 5.98. The number of aromatic nitrogens is 5. The number of imidazole rings is 1. The van der Waals surface area contributed by atoms with Crippen LogP contribution in [0.3, 0.4) is 0 Å². The maximum atomic E-state index is 4.77. The van der Waals surface area contributed by atoms with Crippen LogP contribution in [0, 0.1) is 0 Å². The van der Waals surface area contributed by atoms with Crippen molar-refractivity contribution in [2.24, 2.45) is 0 Å². The number of hydrogen-bond acceptors (Lipinski definition) is 6. The zero-order valence-corrected chi connectivity index (χ0v) is 14.9. The fraction of sp³-hybridized carbons (Fsp3) is 0.444. The smallest absolute Gasteiger partial charge is 0.180 e. The molecule has 1 saturated heterocycles. The minimum Gasteiger partial charge on any atom is -0.353 e. The third-order valence-corrected chi connectivity index (χ3v) is 4.51. The fourth-order valence-electron chi connectivity index (χ4n) is 3.10. The van der Waals surface area contributed by atoms with Gasteiger partial charge in [-0.15, -0.1) is 0 Å². The van der Waals surface area contributed by atoms with Crippen molar-refractivity contribution in [1.82, 2.24) is 24.3 Å². The van der Waals surface area contributed by atoms with Gasteiger partial charge in [-0.2, -0.15) is 0 Å². The summed E-state index contributed by atoms with van der Waals surface area (Å²) in [6, 6.07) is 2.00. The molecule has 1 aliphatic heterocycles. The molecule has 4 heterocycles. The van der Waals surface area contributed by atoms with Crippen LogP contribution in [0.2, 0.25) is 0 Å². The first-order valence-corrected chi connectivity index (χ1v) is 8.63. The van der Waals surface area contributed by atoms with Gasteiger partial charge in [0.1, 0.15) is 11.6 Å². The van der Waals surface area contributed by atoms with E-state index in [2.05, 4.69) is 45.5 Å². The quantitative estimate of drug-likeness (QED) is 0.714. The molecule has 0 unspecified atom stereocenters. The standard InChI is InChI=1S/C18H23N7/c1-18(2,3)17-21-5-4-14(22-17)23-10-12-25(13-11-23)16-15-19-6-8-24(15)9-7-20-16/h4-9H,10-13H2,1-3H3. The normalized spacial score (nSPS) is 15.8. The van der Waals surface area contributed by atoms with Crippen molar-refractivity contribution in [1.29, 1.82) is 0 Å². The van der Waals surface area contributed by atoms with Crippen molar-refractivity contribution in [2.75, 3.05) is 36.0 Å². The molecule has 7 heteroatoms. The van der Waals surface area contributed by atoms with Crippen molar-refractivity contribution in [2.45, 2.75) is 26.2 Å². The van der Waals surface area contributed by atoms with Crippen molar-refractivity contribution < 1.29 is 0 Å². The molecule has 0 saturated carbocycles. The van der Waals surface area contributed by atoms with Gasteiger partial charge in [0.15, 0.2) is 11.5 Å². The summed E-state index contributed by atoms with van der Waals surface area (Å²) < 4.78 is 2.01. The maximum Gasteiger partial charge on any atom is 0.180 e. The molecule has 3 aromatic rings. The molecular formula is C18H23N7. The van der Waals surface area contributed by atoms with E-state index < -0.39 is 0 Å². The van der Waals surface area contributed by atoms with Gasteiger partial charge in [-0.1, -0.05) is 20.8 Å². The second-order valence-electron chi connectivity index (χ2n) is 7.37. The number of rotatable bonds is 2. The molecule has 1 fully saturated rings. The molecule has 4 rings (SSSR count). The van der Waals surface area contributed by atoms with E-state index in [1.807, 2.05) is 41.5 Å². The van der Waals surface area contributed by atoms with E-state index in [0.29, 0.717) is 0 Å². The molecule has 0 N–H and O–H groups in total. The van der Waals surface area contributed by atoms with Gasteiger partial charge in [0.2, 0.25) is 0 Å². The highest BCUT2D eigenvalue weighted by Gasteiger charge is 2.23. The van der Waals surface area contributed by atoms with E-state index in [9.17, 15) is 0 Å². The SMILES string of the molecule is CC(C)(C)c1nccc(N2CCN(c3nccn4ccnc34)CC2)n1. The van der Waals surface area contributed by atoms with E-state index in [0.717, 1.165) is 49.3 Å². The third-order valence-electron chi connectivity index (χ3n) is 4.51. The summed E-state index contributed by atoms with van der Waals surface area (Å²) in [4.78, 5) is 22.8. The highest BCUT2D eigenvalue weighted by molar-refractivity contribution is 5.64. The molecule has 1 aliphatic rings. The van der Waals surface area contributed by atoms with E-state index in [4.69, 9.17) is 4.98 Å². The molecule has 0 amide bonds. The molecule has 25 heavy (non-hydrogen) atoms. The van der Waals surface area contributed by atoms with E-state index in [1.165, 1.54) is 0 Å². The molecule has 0 atom stereocenters. The Morgan fingerprint density at radius 1 is 0.840 bits per heavy atom. The van der Waals surface area contributed by atoms with E-state index >= 15 is 0 Å². The first kappa shape index (κ1) is 15.8. The van der Waals surface area contributed by atoms with E-state index in [1.54, 1.807) is 0 Å². The maximum absolute atomic E-state index is 4.77. The van der Waals surface area contributed by atoms with Crippen molar-refractivity contribution in [3.63, 3.8) is 0 Å². The minimum atomic E-state index is -0.0436. The van der Waals surface area contributed by atoms with E-state index in [-0.39, 0.29) is 5.41 Å². The summed E-state index contributed by atoms with van der Waals surface area (Å²) in [5, 5.41) is 0. The molecular weight excluding hydrogens is 314 g/mol. The number of fused-ring (bicyclic) bond motifs is 1. The van der Waals surface area contributed by atoms with Gasteiger partial charge in [-0.3, -0.25) is 0 Å².